The number of phenolic OH excluding ortho intramolecular Hbond substituents is 1. The number of nitrogens with zero attached hydrogens (tertiary/aromatic N) is 1. The molecule has 0 bridgehead atoms. The summed E-state index contributed by atoms with van der Waals surface area (Å²) in [5, 5.41) is 12.2. The number of benzene rings is 3. The predicted molar refractivity (Wildman–Crippen MR) is 88.1 cm³/mol. The maximum absolute atomic E-state index is 10.3. The molecule has 0 saturated carbocycles. The van der Waals surface area contributed by atoms with Crippen molar-refractivity contribution in [3.8, 4) is 5.75 Å². The van der Waals surface area contributed by atoms with Gasteiger partial charge in [-0.15, -0.1) is 0 Å². The van der Waals surface area contributed by atoms with Crippen LogP contribution in [0.25, 0.3) is 10.8 Å². The van der Waals surface area contributed by atoms with E-state index >= 15 is 0 Å². The highest BCUT2D eigenvalue weighted by molar-refractivity contribution is 5.97. The van der Waals surface area contributed by atoms with Gasteiger partial charge < -0.3 is 5.11 Å². The number of fused-ring (bicyclic) bond motifs is 1. The summed E-state index contributed by atoms with van der Waals surface area (Å²) >= 11 is 0. The van der Waals surface area contributed by atoms with E-state index < -0.39 is 0 Å². The summed E-state index contributed by atoms with van der Waals surface area (Å²) in [4.78, 5) is 4.55. The zero-order chi connectivity index (χ0) is 14.7. The number of hydrogen-bond donors (Lipinski definition) is 1. The molecule has 3 rings (SSSR count). The molecular weight excluding hydrogens is 258 g/mol. The lowest BCUT2D eigenvalue weighted by atomic mass is 10.1. The Labute approximate surface area is 124 Å². The summed E-state index contributed by atoms with van der Waals surface area (Å²) in [5.41, 5.74) is 1.91. The van der Waals surface area contributed by atoms with Crippen molar-refractivity contribution in [3.05, 3.63) is 77.9 Å². The van der Waals surface area contributed by atoms with Gasteiger partial charge in [0.25, 0.3) is 0 Å². The van der Waals surface area contributed by atoms with Crippen molar-refractivity contribution in [3.63, 3.8) is 0 Å². The summed E-state index contributed by atoms with van der Waals surface area (Å²) in [7, 11) is 0. The normalized spacial score (nSPS) is 12.8. The van der Waals surface area contributed by atoms with Gasteiger partial charge in [0, 0.05) is 17.2 Å². The first-order valence-electron chi connectivity index (χ1n) is 7.04. The Kier molecular flexibility index (Phi) is 3.69. The third-order valence-corrected chi connectivity index (χ3v) is 3.65. The quantitative estimate of drug-likeness (QED) is 0.689. The molecule has 0 saturated heterocycles. The number of rotatable bonds is 3. The SMILES string of the molecule is C[C@H](N=Cc1ccc2ccccc2c1O)c1ccccc1. The lowest BCUT2D eigenvalue weighted by molar-refractivity contribution is 0.481. The molecule has 0 aliphatic rings. The first-order valence-corrected chi connectivity index (χ1v) is 7.04. The highest BCUT2D eigenvalue weighted by atomic mass is 16.3. The first-order chi connectivity index (χ1) is 10.3. The van der Waals surface area contributed by atoms with Crippen molar-refractivity contribution in [1.29, 1.82) is 0 Å². The Balaban J connectivity index is 1.91. The average molecular weight is 275 g/mol. The van der Waals surface area contributed by atoms with Crippen LogP contribution >= 0.6 is 0 Å². The molecular formula is C19H17NO. The standard InChI is InChI=1S/C19H17NO/c1-14(15-7-3-2-4-8-15)20-13-17-12-11-16-9-5-6-10-18(16)19(17)21/h2-14,21H,1H3/t14-/m0/s1. The van der Waals surface area contributed by atoms with Crippen LogP contribution in [0.2, 0.25) is 0 Å². The molecule has 0 spiro atoms. The Bertz CT molecular complexity index is 778. The van der Waals surface area contributed by atoms with E-state index in [9.17, 15) is 5.11 Å². The zero-order valence-electron chi connectivity index (χ0n) is 11.9. The fourth-order valence-corrected chi connectivity index (χ4v) is 2.39. The van der Waals surface area contributed by atoms with Crippen LogP contribution in [0.3, 0.4) is 0 Å². The third kappa shape index (κ3) is 2.79. The Morgan fingerprint density at radius 2 is 1.62 bits per heavy atom. The fourth-order valence-electron chi connectivity index (χ4n) is 2.39. The lowest BCUT2D eigenvalue weighted by Gasteiger charge is -2.07. The summed E-state index contributed by atoms with van der Waals surface area (Å²) in [6, 6.07) is 21.9. The summed E-state index contributed by atoms with van der Waals surface area (Å²) in [5.74, 6) is 0.289. The van der Waals surface area contributed by atoms with E-state index in [-0.39, 0.29) is 11.8 Å². The van der Waals surface area contributed by atoms with Crippen LogP contribution in [0.15, 0.2) is 71.7 Å². The monoisotopic (exact) mass is 275 g/mol. The molecule has 0 amide bonds. The first kappa shape index (κ1) is 13.4. The number of aromatic hydroxyl groups is 1. The molecule has 1 N–H and O–H groups in total. The third-order valence-electron chi connectivity index (χ3n) is 3.65. The number of phenols is 1. The molecule has 104 valence electrons. The second-order valence-electron chi connectivity index (χ2n) is 5.09. The minimum atomic E-state index is 0.0667. The highest BCUT2D eigenvalue weighted by Crippen LogP contribution is 2.28. The molecule has 0 unspecified atom stereocenters. The van der Waals surface area contributed by atoms with Gasteiger partial charge in [-0.2, -0.15) is 0 Å². The van der Waals surface area contributed by atoms with E-state index in [1.807, 2.05) is 61.5 Å². The van der Waals surface area contributed by atoms with Crippen LogP contribution in [0, 0.1) is 0 Å². The van der Waals surface area contributed by atoms with Gasteiger partial charge in [-0.25, -0.2) is 0 Å². The molecule has 21 heavy (non-hydrogen) atoms. The number of hydrogen-bond acceptors (Lipinski definition) is 2. The van der Waals surface area contributed by atoms with Crippen LogP contribution in [-0.2, 0) is 0 Å². The van der Waals surface area contributed by atoms with Crippen LogP contribution < -0.4 is 0 Å². The van der Waals surface area contributed by atoms with Crippen molar-refractivity contribution in [2.45, 2.75) is 13.0 Å². The van der Waals surface area contributed by atoms with Crippen LogP contribution in [-0.4, -0.2) is 11.3 Å². The Hall–Kier alpha value is -2.61. The Morgan fingerprint density at radius 1 is 0.905 bits per heavy atom. The van der Waals surface area contributed by atoms with E-state index in [1.165, 1.54) is 0 Å². The van der Waals surface area contributed by atoms with Gasteiger partial charge >= 0.3 is 0 Å². The molecule has 2 heteroatoms. The van der Waals surface area contributed by atoms with Crippen molar-refractivity contribution in [2.24, 2.45) is 4.99 Å². The average Bonchev–Trinajstić information content (AvgIpc) is 2.55. The van der Waals surface area contributed by atoms with Gasteiger partial charge in [-0.05, 0) is 23.9 Å². The summed E-state index contributed by atoms with van der Waals surface area (Å²) in [6.45, 7) is 2.05. The van der Waals surface area contributed by atoms with Gasteiger partial charge in [0.2, 0.25) is 0 Å². The van der Waals surface area contributed by atoms with Crippen molar-refractivity contribution < 1.29 is 5.11 Å². The molecule has 0 aromatic heterocycles. The summed E-state index contributed by atoms with van der Waals surface area (Å²) in [6.07, 6.45) is 1.75. The van der Waals surface area contributed by atoms with E-state index in [1.54, 1.807) is 6.21 Å². The van der Waals surface area contributed by atoms with Gasteiger partial charge in [0.15, 0.2) is 0 Å². The second-order valence-corrected chi connectivity index (χ2v) is 5.09. The predicted octanol–water partition coefficient (Wildman–Crippen LogP) is 4.73. The van der Waals surface area contributed by atoms with E-state index in [0.717, 1.165) is 21.9 Å². The van der Waals surface area contributed by atoms with E-state index in [0.29, 0.717) is 0 Å². The van der Waals surface area contributed by atoms with Crippen LogP contribution in [0.4, 0.5) is 0 Å². The molecule has 2 nitrogen and oxygen atoms in total. The van der Waals surface area contributed by atoms with Gasteiger partial charge in [0.05, 0.1) is 6.04 Å². The van der Waals surface area contributed by atoms with Gasteiger partial charge in [-0.1, -0.05) is 60.7 Å². The van der Waals surface area contributed by atoms with E-state index in [4.69, 9.17) is 0 Å². The molecule has 1 atom stereocenters. The minimum Gasteiger partial charge on any atom is -0.507 e. The maximum atomic E-state index is 10.3. The molecule has 0 aliphatic carbocycles. The molecule has 0 radical (unpaired) electrons. The van der Waals surface area contributed by atoms with Crippen molar-refractivity contribution in [2.75, 3.05) is 0 Å². The van der Waals surface area contributed by atoms with Crippen molar-refractivity contribution in [1.82, 2.24) is 0 Å². The topological polar surface area (TPSA) is 32.6 Å². The molecule has 0 fully saturated rings. The number of aliphatic imine (C=N–C) groups is 1. The largest absolute Gasteiger partial charge is 0.507 e. The smallest absolute Gasteiger partial charge is 0.132 e. The molecule has 0 aliphatic heterocycles. The Morgan fingerprint density at radius 3 is 2.43 bits per heavy atom. The second kappa shape index (κ2) is 5.80. The van der Waals surface area contributed by atoms with Gasteiger partial charge in [-0.3, -0.25) is 4.99 Å². The maximum Gasteiger partial charge on any atom is 0.132 e. The van der Waals surface area contributed by atoms with Gasteiger partial charge in [0.1, 0.15) is 5.75 Å². The fraction of sp³-hybridized carbons (Fsp3) is 0.105. The zero-order valence-corrected chi connectivity index (χ0v) is 11.9. The molecule has 3 aromatic rings. The summed E-state index contributed by atoms with van der Waals surface area (Å²) < 4.78 is 0. The van der Waals surface area contributed by atoms with Crippen molar-refractivity contribution >= 4 is 17.0 Å². The lowest BCUT2D eigenvalue weighted by Crippen LogP contribution is -1.91. The molecule has 0 heterocycles. The van der Waals surface area contributed by atoms with Crippen LogP contribution in [0.1, 0.15) is 24.1 Å². The minimum absolute atomic E-state index is 0.0667. The van der Waals surface area contributed by atoms with E-state index in [2.05, 4.69) is 17.1 Å². The molecule has 3 aromatic carbocycles. The van der Waals surface area contributed by atoms with Crippen LogP contribution in [0.5, 0.6) is 5.75 Å². The highest BCUT2D eigenvalue weighted by Gasteiger charge is 2.05.